The van der Waals surface area contributed by atoms with Gasteiger partial charge in [0.25, 0.3) is 0 Å². The molecular weight excluding hydrogens is 272 g/mol. The third kappa shape index (κ3) is 3.05. The summed E-state index contributed by atoms with van der Waals surface area (Å²) in [5.41, 5.74) is 5.49. The highest BCUT2D eigenvalue weighted by atomic mass is 79.9. The summed E-state index contributed by atoms with van der Waals surface area (Å²) in [6.45, 7) is 3.93. The molecule has 0 saturated carbocycles. The molecule has 0 radical (unpaired) electrons. The Morgan fingerprint density at radius 3 is 2.94 bits per heavy atom. The van der Waals surface area contributed by atoms with Gasteiger partial charge in [-0.15, -0.1) is 0 Å². The van der Waals surface area contributed by atoms with E-state index in [1.165, 1.54) is 25.9 Å². The molecule has 0 atom stereocenters. The van der Waals surface area contributed by atoms with Gasteiger partial charge in [0.05, 0.1) is 10.7 Å². The molecule has 2 N–H and O–H groups in total. The minimum Gasteiger partial charge on any atom is -0.475 e. The van der Waals surface area contributed by atoms with Gasteiger partial charge in [-0.3, -0.25) is 4.90 Å². The summed E-state index contributed by atoms with van der Waals surface area (Å²) in [6.07, 6.45) is 4.20. The van der Waals surface area contributed by atoms with Crippen LogP contribution in [0.1, 0.15) is 12.8 Å². The zero-order valence-electron chi connectivity index (χ0n) is 9.03. The summed E-state index contributed by atoms with van der Waals surface area (Å²) in [4.78, 5) is 10.3. The van der Waals surface area contributed by atoms with Gasteiger partial charge in [-0.2, -0.15) is 4.98 Å². The molecule has 5 nitrogen and oxygen atoms in total. The third-order valence-electron chi connectivity index (χ3n) is 2.58. The van der Waals surface area contributed by atoms with Gasteiger partial charge in [0, 0.05) is 6.54 Å². The first-order chi connectivity index (χ1) is 7.75. The van der Waals surface area contributed by atoms with Crippen LogP contribution >= 0.6 is 15.9 Å². The first-order valence-electron chi connectivity index (χ1n) is 5.39. The van der Waals surface area contributed by atoms with Gasteiger partial charge in [-0.25, -0.2) is 4.98 Å². The van der Waals surface area contributed by atoms with Gasteiger partial charge in [0.1, 0.15) is 6.61 Å². The van der Waals surface area contributed by atoms with Crippen LogP contribution in [-0.4, -0.2) is 41.1 Å². The smallest absolute Gasteiger partial charge is 0.232 e. The van der Waals surface area contributed by atoms with Crippen molar-refractivity contribution in [1.29, 1.82) is 0 Å². The first kappa shape index (κ1) is 11.6. The van der Waals surface area contributed by atoms with Crippen molar-refractivity contribution in [3.05, 3.63) is 10.7 Å². The predicted octanol–water partition coefficient (Wildman–Crippen LogP) is 1.30. The SMILES string of the molecule is Nc1ncc(Br)c(OCCN2CCCC2)n1. The average Bonchev–Trinajstić information content (AvgIpc) is 2.76. The van der Waals surface area contributed by atoms with Crippen molar-refractivity contribution in [3.63, 3.8) is 0 Å². The van der Waals surface area contributed by atoms with Crippen LogP contribution in [0.5, 0.6) is 5.88 Å². The lowest BCUT2D eigenvalue weighted by Crippen LogP contribution is -2.25. The monoisotopic (exact) mass is 286 g/mol. The minimum atomic E-state index is 0.236. The van der Waals surface area contributed by atoms with Crippen molar-refractivity contribution in [1.82, 2.24) is 14.9 Å². The Hall–Kier alpha value is -0.880. The maximum absolute atomic E-state index is 5.56. The van der Waals surface area contributed by atoms with Crippen LogP contribution in [0.3, 0.4) is 0 Å². The second-order valence-corrected chi connectivity index (χ2v) is 4.63. The van der Waals surface area contributed by atoms with E-state index in [0.29, 0.717) is 12.5 Å². The van der Waals surface area contributed by atoms with Crippen LogP contribution in [0.2, 0.25) is 0 Å². The van der Waals surface area contributed by atoms with E-state index in [0.717, 1.165) is 11.0 Å². The fourth-order valence-electron chi connectivity index (χ4n) is 1.74. The molecule has 0 aromatic carbocycles. The van der Waals surface area contributed by atoms with Gasteiger partial charge >= 0.3 is 0 Å². The summed E-state index contributed by atoms with van der Waals surface area (Å²) in [6, 6.07) is 0. The van der Waals surface area contributed by atoms with Crippen LogP contribution in [0.4, 0.5) is 5.95 Å². The van der Waals surface area contributed by atoms with Crippen LogP contribution in [0, 0.1) is 0 Å². The van der Waals surface area contributed by atoms with E-state index in [9.17, 15) is 0 Å². The fraction of sp³-hybridized carbons (Fsp3) is 0.600. The number of nitrogen functional groups attached to an aromatic ring is 1. The fourth-order valence-corrected chi connectivity index (χ4v) is 2.05. The van der Waals surface area contributed by atoms with Crippen LogP contribution in [0.15, 0.2) is 10.7 Å². The third-order valence-corrected chi connectivity index (χ3v) is 3.12. The standard InChI is InChI=1S/C10H15BrN4O/c11-8-7-13-10(12)14-9(8)16-6-5-15-3-1-2-4-15/h7H,1-6H2,(H2,12,13,14). The number of halogens is 1. The highest BCUT2D eigenvalue weighted by Gasteiger charge is 2.11. The van der Waals surface area contributed by atoms with Crippen LogP contribution in [-0.2, 0) is 0 Å². The Labute approximate surface area is 103 Å². The quantitative estimate of drug-likeness (QED) is 0.904. The van der Waals surface area contributed by atoms with Crippen molar-refractivity contribution in [2.24, 2.45) is 0 Å². The summed E-state index contributed by atoms with van der Waals surface area (Å²) in [5.74, 6) is 0.756. The van der Waals surface area contributed by atoms with E-state index in [1.54, 1.807) is 6.20 Å². The zero-order valence-corrected chi connectivity index (χ0v) is 10.6. The number of rotatable bonds is 4. The van der Waals surface area contributed by atoms with E-state index in [-0.39, 0.29) is 5.95 Å². The number of nitrogens with two attached hydrogens (primary N) is 1. The molecule has 0 spiro atoms. The normalized spacial score (nSPS) is 16.6. The summed E-state index contributed by atoms with van der Waals surface area (Å²) in [7, 11) is 0. The molecule has 0 bridgehead atoms. The molecule has 2 heterocycles. The first-order valence-corrected chi connectivity index (χ1v) is 6.18. The highest BCUT2D eigenvalue weighted by Crippen LogP contribution is 2.21. The maximum atomic E-state index is 5.56. The lowest BCUT2D eigenvalue weighted by Gasteiger charge is -2.14. The number of hydrogen-bond donors (Lipinski definition) is 1. The molecule has 2 rings (SSSR count). The van der Waals surface area contributed by atoms with Crippen molar-refractivity contribution >= 4 is 21.9 Å². The number of nitrogens with zero attached hydrogens (tertiary/aromatic N) is 3. The molecule has 1 saturated heterocycles. The number of likely N-dealkylation sites (tertiary alicyclic amines) is 1. The summed E-state index contributed by atoms with van der Waals surface area (Å²) in [5, 5.41) is 0. The molecule has 0 amide bonds. The van der Waals surface area contributed by atoms with Crippen molar-refractivity contribution in [2.45, 2.75) is 12.8 Å². The molecule has 1 aromatic heterocycles. The largest absolute Gasteiger partial charge is 0.475 e. The highest BCUT2D eigenvalue weighted by molar-refractivity contribution is 9.10. The average molecular weight is 287 g/mol. The molecule has 1 fully saturated rings. The Morgan fingerprint density at radius 1 is 1.44 bits per heavy atom. The second-order valence-electron chi connectivity index (χ2n) is 3.78. The van der Waals surface area contributed by atoms with Gasteiger partial charge in [0.15, 0.2) is 0 Å². The Bertz CT molecular complexity index is 355. The lowest BCUT2D eigenvalue weighted by atomic mass is 10.4. The summed E-state index contributed by atoms with van der Waals surface area (Å²) < 4.78 is 6.30. The Morgan fingerprint density at radius 2 is 2.19 bits per heavy atom. The van der Waals surface area contributed by atoms with E-state index < -0.39 is 0 Å². The zero-order chi connectivity index (χ0) is 11.4. The van der Waals surface area contributed by atoms with Gasteiger partial charge in [-0.1, -0.05) is 0 Å². The molecule has 6 heteroatoms. The molecule has 1 aromatic rings. The lowest BCUT2D eigenvalue weighted by molar-refractivity contribution is 0.231. The molecule has 1 aliphatic heterocycles. The number of ether oxygens (including phenoxy) is 1. The van der Waals surface area contributed by atoms with Crippen molar-refractivity contribution < 1.29 is 4.74 Å². The van der Waals surface area contributed by atoms with E-state index >= 15 is 0 Å². The number of anilines is 1. The second kappa shape index (κ2) is 5.45. The number of aromatic nitrogens is 2. The van der Waals surface area contributed by atoms with Crippen molar-refractivity contribution in [2.75, 3.05) is 32.0 Å². The van der Waals surface area contributed by atoms with E-state index in [4.69, 9.17) is 10.5 Å². The van der Waals surface area contributed by atoms with Gasteiger partial charge in [0.2, 0.25) is 11.8 Å². The Kier molecular flexibility index (Phi) is 3.95. The predicted molar refractivity (Wildman–Crippen MR) is 65.3 cm³/mol. The molecule has 16 heavy (non-hydrogen) atoms. The minimum absolute atomic E-state index is 0.236. The van der Waals surface area contributed by atoms with Gasteiger partial charge < -0.3 is 10.5 Å². The molecule has 88 valence electrons. The topological polar surface area (TPSA) is 64.3 Å². The molecular formula is C10H15BrN4O. The maximum Gasteiger partial charge on any atom is 0.232 e. The van der Waals surface area contributed by atoms with Gasteiger partial charge in [-0.05, 0) is 41.9 Å². The molecule has 0 aliphatic carbocycles. The summed E-state index contributed by atoms with van der Waals surface area (Å²) >= 11 is 3.32. The van der Waals surface area contributed by atoms with Crippen LogP contribution in [0.25, 0.3) is 0 Å². The number of hydrogen-bond acceptors (Lipinski definition) is 5. The van der Waals surface area contributed by atoms with Crippen molar-refractivity contribution in [3.8, 4) is 5.88 Å². The van der Waals surface area contributed by atoms with E-state index in [2.05, 4.69) is 30.8 Å². The van der Waals surface area contributed by atoms with E-state index in [1.807, 2.05) is 0 Å². The molecule has 0 unspecified atom stereocenters. The molecule has 1 aliphatic rings. The Balaban J connectivity index is 1.82. The van der Waals surface area contributed by atoms with Crippen LogP contribution < -0.4 is 10.5 Å².